The first-order valence-electron chi connectivity index (χ1n) is 14.7. The van der Waals surface area contributed by atoms with Gasteiger partial charge < -0.3 is 0 Å². The Balaban J connectivity index is 1.28. The zero-order valence-corrected chi connectivity index (χ0v) is 23.2. The van der Waals surface area contributed by atoms with Gasteiger partial charge in [-0.05, 0) is 98.1 Å². The Morgan fingerprint density at radius 2 is 1.38 bits per heavy atom. The molecule has 0 unspecified atom stereocenters. The summed E-state index contributed by atoms with van der Waals surface area (Å²) >= 11 is 0. The van der Waals surface area contributed by atoms with Crippen LogP contribution < -0.4 is 0 Å². The van der Waals surface area contributed by atoms with Crippen molar-refractivity contribution in [1.29, 1.82) is 0 Å². The predicted molar refractivity (Wildman–Crippen MR) is 169 cm³/mol. The van der Waals surface area contributed by atoms with Crippen LogP contribution in [0.15, 0.2) is 109 Å². The van der Waals surface area contributed by atoms with Crippen LogP contribution in [0, 0.1) is 0 Å². The Morgan fingerprint density at radius 3 is 2.23 bits per heavy atom. The van der Waals surface area contributed by atoms with Crippen LogP contribution in [0.5, 0.6) is 0 Å². The molecule has 0 aliphatic heterocycles. The van der Waals surface area contributed by atoms with Crippen molar-refractivity contribution in [3.8, 4) is 33.5 Å². The Morgan fingerprint density at radius 1 is 0.600 bits per heavy atom. The largest absolute Gasteiger partial charge is 0.256 e. The number of hydrogen-bond donors (Lipinski definition) is 0. The zero-order valence-electron chi connectivity index (χ0n) is 23.2. The number of fused-ring (bicyclic) bond motifs is 6. The molecular formula is C39H33N. The van der Waals surface area contributed by atoms with E-state index in [0.717, 1.165) is 17.2 Å². The van der Waals surface area contributed by atoms with Gasteiger partial charge in [-0.3, -0.25) is 4.98 Å². The highest BCUT2D eigenvalue weighted by molar-refractivity contribution is 6.13. The van der Waals surface area contributed by atoms with Gasteiger partial charge in [0.25, 0.3) is 0 Å². The lowest BCUT2D eigenvalue weighted by Crippen LogP contribution is -2.15. The first-order chi connectivity index (χ1) is 19.6. The number of hydrogen-bond acceptors (Lipinski definition) is 1. The van der Waals surface area contributed by atoms with E-state index in [-0.39, 0.29) is 5.41 Å². The summed E-state index contributed by atoms with van der Waals surface area (Å²) in [4.78, 5) is 4.90. The molecule has 0 radical (unpaired) electrons. The van der Waals surface area contributed by atoms with Crippen molar-refractivity contribution in [2.24, 2.45) is 0 Å². The second-order valence-corrected chi connectivity index (χ2v) is 12.3. The van der Waals surface area contributed by atoms with Gasteiger partial charge in [0.1, 0.15) is 0 Å². The fourth-order valence-corrected chi connectivity index (χ4v) is 7.46. The average molecular weight is 516 g/mol. The molecule has 1 fully saturated rings. The lowest BCUT2D eigenvalue weighted by Gasteiger charge is -2.23. The summed E-state index contributed by atoms with van der Waals surface area (Å²) in [5.41, 5.74) is 11.9. The van der Waals surface area contributed by atoms with Crippen molar-refractivity contribution in [2.45, 2.75) is 50.9 Å². The van der Waals surface area contributed by atoms with Gasteiger partial charge in [-0.2, -0.15) is 0 Å². The topological polar surface area (TPSA) is 12.9 Å². The minimum absolute atomic E-state index is 0.0183. The standard InChI is InChI=1S/C39H33N/c1-39(2)36-23-28(26-11-6-7-12-26)15-17-32(36)35-22-29-16-18-33-31(34(29)24-37(35)39)19-20-40-38(33)30-14-8-13-27(21-30)25-9-4-3-5-10-25/h3-5,8-10,13-24,26H,6-7,11-12H2,1-2H3. The lowest BCUT2D eigenvalue weighted by molar-refractivity contribution is 0.654. The summed E-state index contributed by atoms with van der Waals surface area (Å²) in [5, 5.41) is 5.09. The third-order valence-corrected chi connectivity index (χ3v) is 9.65. The SMILES string of the molecule is CC1(C)c2cc(C3CCCC3)ccc2-c2cc3ccc4c(-c5cccc(-c6ccccc6)c5)nccc4c3cc21. The van der Waals surface area contributed by atoms with E-state index < -0.39 is 0 Å². The van der Waals surface area contributed by atoms with Crippen LogP contribution in [-0.4, -0.2) is 4.98 Å². The van der Waals surface area contributed by atoms with E-state index >= 15 is 0 Å². The van der Waals surface area contributed by atoms with Crippen molar-refractivity contribution >= 4 is 21.5 Å². The van der Waals surface area contributed by atoms with Crippen molar-refractivity contribution in [2.75, 3.05) is 0 Å². The molecule has 0 N–H and O–H groups in total. The molecule has 6 aromatic rings. The molecule has 1 nitrogen and oxygen atoms in total. The van der Waals surface area contributed by atoms with Gasteiger partial charge in [0.2, 0.25) is 0 Å². The summed E-state index contributed by atoms with van der Waals surface area (Å²) < 4.78 is 0. The minimum atomic E-state index is -0.0183. The number of rotatable bonds is 3. The van der Waals surface area contributed by atoms with Crippen molar-refractivity contribution in [1.82, 2.24) is 4.98 Å². The van der Waals surface area contributed by atoms with Gasteiger partial charge in [-0.25, -0.2) is 0 Å². The van der Waals surface area contributed by atoms with Crippen LogP contribution in [0.1, 0.15) is 62.1 Å². The number of nitrogens with zero attached hydrogens (tertiary/aromatic N) is 1. The van der Waals surface area contributed by atoms with Gasteiger partial charge in [0, 0.05) is 22.6 Å². The third-order valence-electron chi connectivity index (χ3n) is 9.65. The summed E-state index contributed by atoms with van der Waals surface area (Å²) in [6, 6.07) is 38.4. The number of benzene rings is 5. The third kappa shape index (κ3) is 3.57. The maximum Gasteiger partial charge on any atom is 0.0780 e. The highest BCUT2D eigenvalue weighted by atomic mass is 14.7. The monoisotopic (exact) mass is 515 g/mol. The van der Waals surface area contributed by atoms with Crippen LogP contribution in [0.25, 0.3) is 55.1 Å². The number of aromatic nitrogens is 1. The van der Waals surface area contributed by atoms with E-state index in [0.29, 0.717) is 0 Å². The molecule has 0 amide bonds. The molecule has 2 aliphatic carbocycles. The van der Waals surface area contributed by atoms with E-state index in [1.165, 1.54) is 80.6 Å². The van der Waals surface area contributed by atoms with Gasteiger partial charge in [0.15, 0.2) is 0 Å². The molecule has 194 valence electrons. The molecule has 2 aliphatic rings. The quantitative estimate of drug-likeness (QED) is 0.214. The smallest absolute Gasteiger partial charge is 0.0780 e. The maximum absolute atomic E-state index is 4.90. The maximum atomic E-state index is 4.90. The van der Waals surface area contributed by atoms with Gasteiger partial charge in [-0.1, -0.05) is 106 Å². The van der Waals surface area contributed by atoms with Crippen molar-refractivity contribution in [3.63, 3.8) is 0 Å². The van der Waals surface area contributed by atoms with E-state index in [4.69, 9.17) is 4.98 Å². The van der Waals surface area contributed by atoms with Gasteiger partial charge >= 0.3 is 0 Å². The summed E-state index contributed by atoms with van der Waals surface area (Å²) in [6.45, 7) is 4.82. The van der Waals surface area contributed by atoms with Crippen molar-refractivity contribution in [3.05, 3.63) is 126 Å². The van der Waals surface area contributed by atoms with E-state index in [1.807, 2.05) is 6.20 Å². The lowest BCUT2D eigenvalue weighted by atomic mass is 9.80. The van der Waals surface area contributed by atoms with Crippen LogP contribution >= 0.6 is 0 Å². The molecule has 40 heavy (non-hydrogen) atoms. The molecular weight excluding hydrogens is 482 g/mol. The Bertz CT molecular complexity index is 1920. The van der Waals surface area contributed by atoms with Crippen molar-refractivity contribution < 1.29 is 0 Å². The normalized spacial score (nSPS) is 15.9. The molecule has 1 saturated carbocycles. The van der Waals surface area contributed by atoms with E-state index in [2.05, 4.69) is 117 Å². The second-order valence-electron chi connectivity index (χ2n) is 12.3. The first kappa shape index (κ1) is 23.6. The molecule has 5 aromatic carbocycles. The van der Waals surface area contributed by atoms with E-state index in [1.54, 1.807) is 5.56 Å². The highest BCUT2D eigenvalue weighted by Crippen LogP contribution is 2.51. The second kappa shape index (κ2) is 8.89. The van der Waals surface area contributed by atoms with E-state index in [9.17, 15) is 0 Å². The molecule has 1 heterocycles. The summed E-state index contributed by atoms with van der Waals surface area (Å²) in [6.07, 6.45) is 7.40. The molecule has 0 atom stereocenters. The van der Waals surface area contributed by atoms with Crippen LogP contribution in [0.2, 0.25) is 0 Å². The Hall–Kier alpha value is -4.23. The Kier molecular flexibility index (Phi) is 5.26. The zero-order chi connectivity index (χ0) is 26.8. The molecule has 0 bridgehead atoms. The fourth-order valence-electron chi connectivity index (χ4n) is 7.46. The average Bonchev–Trinajstić information content (AvgIpc) is 3.62. The summed E-state index contributed by atoms with van der Waals surface area (Å²) in [5.74, 6) is 0.735. The molecule has 8 rings (SSSR count). The highest BCUT2D eigenvalue weighted by Gasteiger charge is 2.36. The molecule has 0 spiro atoms. The minimum Gasteiger partial charge on any atom is -0.256 e. The van der Waals surface area contributed by atoms with Gasteiger partial charge in [-0.15, -0.1) is 0 Å². The van der Waals surface area contributed by atoms with Crippen LogP contribution in [0.4, 0.5) is 0 Å². The fraction of sp³-hybridized carbons (Fsp3) is 0.205. The molecule has 0 saturated heterocycles. The molecule has 1 aromatic heterocycles. The molecule has 1 heteroatoms. The summed E-state index contributed by atoms with van der Waals surface area (Å²) in [7, 11) is 0. The van der Waals surface area contributed by atoms with Crippen LogP contribution in [-0.2, 0) is 5.41 Å². The predicted octanol–water partition coefficient (Wildman–Crippen LogP) is 10.7. The Labute approximate surface area is 236 Å². The van der Waals surface area contributed by atoms with Crippen LogP contribution in [0.3, 0.4) is 0 Å². The number of pyridine rings is 1. The van der Waals surface area contributed by atoms with Gasteiger partial charge in [0.05, 0.1) is 5.69 Å². The first-order valence-corrected chi connectivity index (χ1v) is 14.7.